The Bertz CT molecular complexity index is 881. The van der Waals surface area contributed by atoms with Crippen LogP contribution in [0.3, 0.4) is 0 Å². The molecule has 0 unspecified atom stereocenters. The van der Waals surface area contributed by atoms with E-state index in [4.69, 9.17) is 4.74 Å². The first-order chi connectivity index (χ1) is 13.8. The van der Waals surface area contributed by atoms with Gasteiger partial charge in [-0.1, -0.05) is 53.0 Å². The predicted molar refractivity (Wildman–Crippen MR) is 118 cm³/mol. The topological polar surface area (TPSA) is 45.3 Å². The molecule has 1 saturated carbocycles. The number of benzene rings is 1. The van der Waals surface area contributed by atoms with Gasteiger partial charge in [0.1, 0.15) is 11.4 Å². The Morgan fingerprint density at radius 3 is 2.41 bits per heavy atom. The molecular formula is C25H36N2O2. The van der Waals surface area contributed by atoms with Gasteiger partial charge in [0, 0.05) is 23.0 Å². The van der Waals surface area contributed by atoms with Crippen molar-refractivity contribution in [2.24, 2.45) is 17.3 Å². The molecule has 1 aliphatic heterocycles. The molecule has 2 fully saturated rings. The Kier molecular flexibility index (Phi) is 5.16. The lowest BCUT2D eigenvalue weighted by Gasteiger charge is -2.45. The molecular weight excluding hydrogens is 360 g/mol. The van der Waals surface area contributed by atoms with Crippen molar-refractivity contribution in [2.45, 2.75) is 71.8 Å². The van der Waals surface area contributed by atoms with Crippen molar-refractivity contribution in [3.8, 4) is 5.75 Å². The maximum absolute atomic E-state index is 13.9. The number of hydrogen-bond donors (Lipinski definition) is 1. The van der Waals surface area contributed by atoms with Crippen LogP contribution in [0.4, 0.5) is 0 Å². The quantitative estimate of drug-likeness (QED) is 0.686. The van der Waals surface area contributed by atoms with Crippen LogP contribution in [-0.2, 0) is 0 Å². The Morgan fingerprint density at radius 1 is 1.10 bits per heavy atom. The zero-order valence-corrected chi connectivity index (χ0v) is 18.7. The first kappa shape index (κ1) is 20.3. The van der Waals surface area contributed by atoms with Crippen LogP contribution >= 0.6 is 0 Å². The molecule has 2 heterocycles. The van der Waals surface area contributed by atoms with Crippen LogP contribution in [-0.4, -0.2) is 35.0 Å². The van der Waals surface area contributed by atoms with Gasteiger partial charge >= 0.3 is 0 Å². The number of methoxy groups -OCH3 is 1. The van der Waals surface area contributed by atoms with E-state index in [0.29, 0.717) is 22.9 Å². The van der Waals surface area contributed by atoms with Crippen LogP contribution in [0.1, 0.15) is 76.7 Å². The lowest BCUT2D eigenvalue weighted by atomic mass is 9.65. The molecule has 0 radical (unpaired) electrons. The van der Waals surface area contributed by atoms with Gasteiger partial charge in [-0.2, -0.15) is 0 Å². The lowest BCUT2D eigenvalue weighted by molar-refractivity contribution is 0.0291. The van der Waals surface area contributed by atoms with Gasteiger partial charge in [-0.15, -0.1) is 0 Å². The fourth-order valence-electron chi connectivity index (χ4n) is 6.40. The van der Waals surface area contributed by atoms with Gasteiger partial charge in [0.15, 0.2) is 0 Å². The van der Waals surface area contributed by atoms with E-state index in [1.807, 2.05) is 24.3 Å². The first-order valence-electron chi connectivity index (χ1n) is 11.3. The van der Waals surface area contributed by atoms with Crippen molar-refractivity contribution in [3.05, 3.63) is 30.0 Å². The van der Waals surface area contributed by atoms with Gasteiger partial charge < -0.3 is 14.6 Å². The summed E-state index contributed by atoms with van der Waals surface area (Å²) < 4.78 is 5.51. The number of aromatic amines is 1. The summed E-state index contributed by atoms with van der Waals surface area (Å²) in [5.41, 5.74) is 1.85. The molecule has 4 nitrogen and oxygen atoms in total. The third-order valence-electron chi connectivity index (χ3n) is 7.89. The van der Waals surface area contributed by atoms with E-state index in [1.165, 1.54) is 32.1 Å². The van der Waals surface area contributed by atoms with Crippen LogP contribution in [0.2, 0.25) is 0 Å². The highest BCUT2D eigenvalue weighted by Crippen LogP contribution is 2.55. The molecule has 0 atom stereocenters. The van der Waals surface area contributed by atoms with E-state index in [1.54, 1.807) is 7.11 Å². The van der Waals surface area contributed by atoms with Crippen molar-refractivity contribution in [2.75, 3.05) is 13.7 Å². The summed E-state index contributed by atoms with van der Waals surface area (Å²) in [5.74, 6) is 1.80. The molecule has 29 heavy (non-hydrogen) atoms. The van der Waals surface area contributed by atoms with E-state index in [-0.39, 0.29) is 11.4 Å². The SMILES string of the molecule is COc1cccc2[nH]c(C(=O)N3CC4(CCCCC4)CC3(C(C)C)C(C)C)cc12. The first-order valence-corrected chi connectivity index (χ1v) is 11.3. The number of hydrogen-bond acceptors (Lipinski definition) is 2. The number of H-pyrrole nitrogens is 1. The minimum Gasteiger partial charge on any atom is -0.496 e. The van der Waals surface area contributed by atoms with Crippen LogP contribution in [0, 0.1) is 17.3 Å². The molecule has 4 heteroatoms. The highest BCUT2D eigenvalue weighted by molar-refractivity contribution is 6.00. The normalized spacial score (nSPS) is 20.9. The van der Waals surface area contributed by atoms with E-state index >= 15 is 0 Å². The van der Waals surface area contributed by atoms with E-state index in [0.717, 1.165) is 29.6 Å². The summed E-state index contributed by atoms with van der Waals surface area (Å²) in [6, 6.07) is 7.91. The lowest BCUT2D eigenvalue weighted by Crippen LogP contribution is -2.54. The van der Waals surface area contributed by atoms with Gasteiger partial charge in [0.05, 0.1) is 7.11 Å². The molecule has 1 aliphatic carbocycles. The van der Waals surface area contributed by atoms with Crippen LogP contribution in [0.5, 0.6) is 5.75 Å². The zero-order chi connectivity index (χ0) is 20.8. The highest BCUT2D eigenvalue weighted by Gasteiger charge is 2.57. The second kappa shape index (κ2) is 7.37. The van der Waals surface area contributed by atoms with Crippen molar-refractivity contribution in [1.82, 2.24) is 9.88 Å². The molecule has 158 valence electrons. The van der Waals surface area contributed by atoms with Gasteiger partial charge in [-0.25, -0.2) is 0 Å². The van der Waals surface area contributed by atoms with Crippen molar-refractivity contribution < 1.29 is 9.53 Å². The van der Waals surface area contributed by atoms with Crippen LogP contribution < -0.4 is 4.74 Å². The Balaban J connectivity index is 1.77. The van der Waals surface area contributed by atoms with E-state index < -0.39 is 0 Å². The molecule has 1 spiro atoms. The number of fused-ring (bicyclic) bond motifs is 1. The number of nitrogens with one attached hydrogen (secondary N) is 1. The Hall–Kier alpha value is -1.97. The van der Waals surface area contributed by atoms with E-state index in [2.05, 4.69) is 37.6 Å². The molecule has 1 N–H and O–H groups in total. The standard InChI is InChI=1S/C25H36N2O2/c1-17(2)25(18(3)4)15-24(12-7-6-8-13-24)16-27(25)23(28)21-14-19-20(26-21)10-9-11-22(19)29-5/h9-11,14,17-18,26H,6-8,12-13,15-16H2,1-5H3. The smallest absolute Gasteiger partial charge is 0.270 e. The van der Waals surface area contributed by atoms with Gasteiger partial charge in [0.2, 0.25) is 0 Å². The second-order valence-corrected chi connectivity index (χ2v) is 10.0. The molecule has 1 aromatic heterocycles. The Labute approximate surface area is 175 Å². The average molecular weight is 397 g/mol. The molecule has 1 aromatic carbocycles. The van der Waals surface area contributed by atoms with Gasteiger partial charge in [-0.05, 0) is 54.7 Å². The number of ether oxygens (including phenoxy) is 1. The summed E-state index contributed by atoms with van der Waals surface area (Å²) in [7, 11) is 1.68. The minimum atomic E-state index is -0.0875. The number of carbonyl (C=O) groups is 1. The number of likely N-dealkylation sites (tertiary alicyclic amines) is 1. The van der Waals surface area contributed by atoms with Crippen LogP contribution in [0.25, 0.3) is 10.9 Å². The molecule has 0 bridgehead atoms. The fraction of sp³-hybridized carbons (Fsp3) is 0.640. The van der Waals surface area contributed by atoms with Crippen LogP contribution in [0.15, 0.2) is 24.3 Å². The average Bonchev–Trinajstić information content (AvgIpc) is 3.28. The minimum absolute atomic E-state index is 0.0875. The highest BCUT2D eigenvalue weighted by atomic mass is 16.5. The number of nitrogens with zero attached hydrogens (tertiary/aromatic N) is 1. The number of amides is 1. The van der Waals surface area contributed by atoms with Gasteiger partial charge in [-0.3, -0.25) is 4.79 Å². The maximum Gasteiger partial charge on any atom is 0.270 e. The monoisotopic (exact) mass is 396 g/mol. The molecule has 2 aromatic rings. The number of rotatable bonds is 4. The van der Waals surface area contributed by atoms with Crippen molar-refractivity contribution in [3.63, 3.8) is 0 Å². The predicted octanol–water partition coefficient (Wildman–Crippen LogP) is 6.02. The summed E-state index contributed by atoms with van der Waals surface area (Å²) in [5, 5.41) is 0.977. The second-order valence-electron chi connectivity index (χ2n) is 10.0. The fourth-order valence-corrected chi connectivity index (χ4v) is 6.40. The van der Waals surface area contributed by atoms with E-state index in [9.17, 15) is 4.79 Å². The maximum atomic E-state index is 13.9. The van der Waals surface area contributed by atoms with Gasteiger partial charge in [0.25, 0.3) is 5.91 Å². The summed E-state index contributed by atoms with van der Waals surface area (Å²) in [6.07, 6.45) is 7.62. The molecule has 1 saturated heterocycles. The van der Waals surface area contributed by atoms with Crippen molar-refractivity contribution >= 4 is 16.8 Å². The molecule has 4 rings (SSSR count). The zero-order valence-electron chi connectivity index (χ0n) is 18.7. The summed E-state index contributed by atoms with van der Waals surface area (Å²) >= 11 is 0. The molecule has 1 amide bonds. The summed E-state index contributed by atoms with van der Waals surface area (Å²) in [4.78, 5) is 19.6. The third-order valence-corrected chi connectivity index (χ3v) is 7.89. The third kappa shape index (κ3) is 3.15. The molecule has 2 aliphatic rings. The number of aromatic nitrogens is 1. The summed E-state index contributed by atoms with van der Waals surface area (Å²) in [6.45, 7) is 10.1. The van der Waals surface area contributed by atoms with Crippen molar-refractivity contribution in [1.29, 1.82) is 0 Å². The largest absolute Gasteiger partial charge is 0.496 e. The number of carbonyl (C=O) groups excluding carboxylic acids is 1. The Morgan fingerprint density at radius 2 is 1.79 bits per heavy atom.